The summed E-state index contributed by atoms with van der Waals surface area (Å²) in [7, 11) is 23.9. The number of amides is 1. The molecule has 1 aliphatic rings. The fourth-order valence-electron chi connectivity index (χ4n) is 3.20. The molecular weight excluding hydrogens is 345 g/mol. The van der Waals surface area contributed by atoms with Crippen LogP contribution < -0.4 is 27.2 Å². The van der Waals surface area contributed by atoms with Crippen molar-refractivity contribution >= 4 is 59.1 Å². The third-order valence-electron chi connectivity index (χ3n) is 4.72. The number of hydrogen-bond donors (Lipinski definition) is 1. The van der Waals surface area contributed by atoms with E-state index in [1.807, 2.05) is 6.07 Å². The van der Waals surface area contributed by atoms with E-state index < -0.39 is 0 Å². The fourth-order valence-corrected chi connectivity index (χ4v) is 3.20. The molecule has 10 heteroatoms. The summed E-state index contributed by atoms with van der Waals surface area (Å²) in [6.07, 6.45) is 4.18. The molecule has 0 saturated carbocycles. The van der Waals surface area contributed by atoms with Crippen molar-refractivity contribution in [3.8, 4) is 23.4 Å². The number of hydrogen-bond acceptors (Lipinski definition) is 5. The second kappa shape index (κ2) is 7.86. The fraction of sp³-hybridized carbons (Fsp3) is 0.222. The highest BCUT2D eigenvalue weighted by Crippen LogP contribution is 2.16. The van der Waals surface area contributed by atoms with Gasteiger partial charge in [-0.05, 0) is 29.7 Å². The monoisotopic (exact) mass is 357 g/mol. The number of nitriles is 2. The molecule has 0 bridgehead atoms. The molecule has 1 fully saturated rings. The summed E-state index contributed by atoms with van der Waals surface area (Å²) in [5.74, 6) is -0.382. The largest absolute Gasteiger partial charge is 0.346 e. The Morgan fingerprint density at radius 2 is 1.93 bits per heavy atom. The van der Waals surface area contributed by atoms with Crippen LogP contribution in [0.1, 0.15) is 22.5 Å². The molecule has 1 aliphatic heterocycles. The maximum atomic E-state index is 12.6. The van der Waals surface area contributed by atoms with Gasteiger partial charge in [0.05, 0.1) is 6.07 Å². The molecule has 2 aromatic rings. The number of benzene rings is 1. The van der Waals surface area contributed by atoms with Gasteiger partial charge in [0.25, 0.3) is 5.91 Å². The number of carbonyl (C=O) groups is 1. The van der Waals surface area contributed by atoms with Crippen molar-refractivity contribution in [1.82, 2.24) is 15.2 Å². The van der Waals surface area contributed by atoms with Crippen LogP contribution in [0, 0.1) is 22.8 Å². The van der Waals surface area contributed by atoms with Gasteiger partial charge in [0, 0.05) is 30.9 Å². The Bertz CT molecular complexity index is 1040. The Morgan fingerprint density at radius 3 is 2.57 bits per heavy atom. The van der Waals surface area contributed by atoms with Gasteiger partial charge >= 0.3 is 0 Å². The van der Waals surface area contributed by atoms with Gasteiger partial charge in [-0.25, -0.2) is 0 Å². The van der Waals surface area contributed by atoms with Gasteiger partial charge in [0.2, 0.25) is 0 Å². The highest BCUT2D eigenvalue weighted by Gasteiger charge is 2.24. The smallest absolute Gasteiger partial charge is 0.270 e. The number of likely N-dealkylation sites (tertiary alicyclic amines) is 1. The highest BCUT2D eigenvalue weighted by atomic mass is 16.1. The zero-order valence-corrected chi connectivity index (χ0v) is 14.9. The van der Waals surface area contributed by atoms with Gasteiger partial charge in [-0.2, -0.15) is 10.5 Å². The number of nitrogens with one attached hydrogen (secondary N) is 1. The van der Waals surface area contributed by atoms with Crippen LogP contribution in [-0.2, 0) is 0 Å². The van der Waals surface area contributed by atoms with Crippen LogP contribution in [0.25, 0.3) is 11.1 Å². The minimum Gasteiger partial charge on any atom is -0.346 e. The SMILES string of the molecule is [B]c1c([B])c(C#N)c([B])c(-c2ccnc(C(=O)NC3CCN(C#N)C3)c2)c1[B]. The summed E-state index contributed by atoms with van der Waals surface area (Å²) >= 11 is 0. The van der Waals surface area contributed by atoms with Gasteiger partial charge < -0.3 is 10.2 Å². The van der Waals surface area contributed by atoms with E-state index in [2.05, 4.69) is 16.5 Å². The predicted molar refractivity (Wildman–Crippen MR) is 109 cm³/mol. The Labute approximate surface area is 168 Å². The van der Waals surface area contributed by atoms with E-state index in [9.17, 15) is 10.1 Å². The van der Waals surface area contributed by atoms with Crippen molar-refractivity contribution < 1.29 is 4.79 Å². The Kier molecular flexibility index (Phi) is 5.51. The Hall–Kier alpha value is -3.12. The lowest BCUT2D eigenvalue weighted by Crippen LogP contribution is -2.46. The summed E-state index contributed by atoms with van der Waals surface area (Å²) in [5, 5.41) is 21.1. The van der Waals surface area contributed by atoms with Gasteiger partial charge in [0.15, 0.2) is 6.19 Å². The highest BCUT2D eigenvalue weighted by molar-refractivity contribution is 6.62. The van der Waals surface area contributed by atoms with E-state index in [0.717, 1.165) is 0 Å². The van der Waals surface area contributed by atoms with E-state index in [0.29, 0.717) is 30.6 Å². The molecule has 1 N–H and O–H groups in total. The first-order valence-electron chi connectivity index (χ1n) is 8.45. The van der Waals surface area contributed by atoms with Crippen molar-refractivity contribution in [3.05, 3.63) is 29.6 Å². The van der Waals surface area contributed by atoms with Gasteiger partial charge in [-0.1, -0.05) is 16.4 Å². The number of nitrogens with zero attached hydrogens (tertiary/aromatic N) is 4. The van der Waals surface area contributed by atoms with E-state index in [4.69, 9.17) is 36.6 Å². The van der Waals surface area contributed by atoms with Crippen molar-refractivity contribution in [2.24, 2.45) is 0 Å². The molecular formula is C18H11B4N5O. The molecule has 0 spiro atoms. The molecule has 1 amide bonds. The summed E-state index contributed by atoms with van der Waals surface area (Å²) in [6, 6.07) is 4.92. The zero-order chi connectivity index (χ0) is 20.4. The second-order valence-electron chi connectivity index (χ2n) is 6.45. The predicted octanol–water partition coefficient (Wildman–Crippen LogP) is -2.92. The van der Waals surface area contributed by atoms with Crippen LogP contribution >= 0.6 is 0 Å². The van der Waals surface area contributed by atoms with E-state index in [1.165, 1.54) is 12.3 Å². The van der Waals surface area contributed by atoms with Crippen molar-refractivity contribution in [3.63, 3.8) is 0 Å². The first-order valence-corrected chi connectivity index (χ1v) is 8.45. The molecule has 1 aromatic heterocycles. The van der Waals surface area contributed by atoms with Crippen LogP contribution in [0.4, 0.5) is 0 Å². The maximum Gasteiger partial charge on any atom is 0.270 e. The van der Waals surface area contributed by atoms with Crippen LogP contribution in [0.2, 0.25) is 0 Å². The minimum atomic E-state index is -0.382. The van der Waals surface area contributed by atoms with Crippen molar-refractivity contribution in [2.45, 2.75) is 12.5 Å². The number of rotatable bonds is 3. The molecule has 1 unspecified atom stereocenters. The number of aromatic nitrogens is 1. The second-order valence-corrected chi connectivity index (χ2v) is 6.45. The van der Waals surface area contributed by atoms with Gasteiger partial charge in [-0.3, -0.25) is 9.78 Å². The summed E-state index contributed by atoms with van der Waals surface area (Å²) in [4.78, 5) is 18.2. The molecule has 6 nitrogen and oxygen atoms in total. The molecule has 28 heavy (non-hydrogen) atoms. The zero-order valence-electron chi connectivity index (χ0n) is 14.9. The van der Waals surface area contributed by atoms with Crippen LogP contribution in [0.5, 0.6) is 0 Å². The number of pyridine rings is 1. The quantitative estimate of drug-likeness (QED) is 0.470. The lowest BCUT2D eigenvalue weighted by molar-refractivity contribution is 0.0934. The Morgan fingerprint density at radius 1 is 1.18 bits per heavy atom. The molecule has 1 aromatic carbocycles. The molecule has 126 valence electrons. The van der Waals surface area contributed by atoms with Gasteiger partial charge in [0.1, 0.15) is 37.1 Å². The van der Waals surface area contributed by atoms with Crippen molar-refractivity contribution in [1.29, 1.82) is 10.5 Å². The summed E-state index contributed by atoms with van der Waals surface area (Å²) in [6.45, 7) is 1.06. The van der Waals surface area contributed by atoms with E-state index >= 15 is 0 Å². The average molecular weight is 357 g/mol. The van der Waals surface area contributed by atoms with E-state index in [1.54, 1.807) is 11.0 Å². The molecule has 1 atom stereocenters. The topological polar surface area (TPSA) is 92.8 Å². The van der Waals surface area contributed by atoms with Crippen LogP contribution in [-0.4, -0.2) is 66.3 Å². The lowest BCUT2D eigenvalue weighted by Gasteiger charge is -2.20. The minimum absolute atomic E-state index is 0.0246. The van der Waals surface area contributed by atoms with E-state index in [-0.39, 0.29) is 45.1 Å². The molecule has 3 rings (SSSR count). The summed E-state index contributed by atoms with van der Waals surface area (Å²) < 4.78 is 0. The molecule has 0 aliphatic carbocycles. The Balaban J connectivity index is 1.95. The first kappa shape index (κ1) is 19.6. The third kappa shape index (κ3) is 3.51. The number of carbonyl (C=O) groups excluding carboxylic acids is 1. The van der Waals surface area contributed by atoms with Crippen LogP contribution in [0.3, 0.4) is 0 Å². The third-order valence-corrected chi connectivity index (χ3v) is 4.72. The standard InChI is InChI=1S/C18H11B4N5O/c19-14-11(6-23)15(20)17(22)16(21)13(14)9-1-3-25-12(5-9)18(28)26-10-2-4-27(7-10)8-24/h1,3,5,10H,2,4,7H2,(H,26,28). The maximum absolute atomic E-state index is 12.6. The first-order chi connectivity index (χ1) is 13.4. The van der Waals surface area contributed by atoms with Crippen molar-refractivity contribution in [2.75, 3.05) is 13.1 Å². The molecule has 8 radical (unpaired) electrons. The normalized spacial score (nSPS) is 15.6. The average Bonchev–Trinajstić information content (AvgIpc) is 3.14. The molecule has 2 heterocycles. The summed E-state index contributed by atoms with van der Waals surface area (Å²) in [5.41, 5.74) is 1.31. The van der Waals surface area contributed by atoms with Crippen LogP contribution in [0.15, 0.2) is 18.3 Å². The van der Waals surface area contributed by atoms with Gasteiger partial charge in [-0.15, -0.1) is 5.46 Å². The molecule has 1 saturated heterocycles. The lowest BCUT2D eigenvalue weighted by atomic mass is 9.63.